The minimum absolute atomic E-state index is 0.392. The molecule has 0 saturated heterocycles. The molecule has 302 valence electrons. The third kappa shape index (κ3) is 6.26. The van der Waals surface area contributed by atoms with E-state index in [1.165, 1.54) is 0 Å². The van der Waals surface area contributed by atoms with Crippen LogP contribution in [0.1, 0.15) is 22.3 Å². The molecular weight excluding hydrogens is 813 g/mol. The molecule has 0 saturated carbocycles. The fraction of sp³-hybridized carbons (Fsp3) is 0. The zero-order valence-corrected chi connectivity index (χ0v) is 34.6. The molecule has 0 unspecified atom stereocenters. The maximum Gasteiger partial charge on any atom is 0.188 e. The summed E-state index contributed by atoms with van der Waals surface area (Å²) in [6.07, 6.45) is 0. The van der Waals surface area contributed by atoms with Crippen LogP contribution >= 0.6 is 0 Å². The zero-order valence-electron chi connectivity index (χ0n) is 34.6. The zero-order chi connectivity index (χ0) is 44.9. The molecule has 3 heterocycles. The normalized spacial score (nSPS) is 11.0. The number of nitriles is 4. The second-order valence-corrected chi connectivity index (χ2v) is 15.6. The Labute approximate surface area is 377 Å². The molecule has 11 rings (SSSR count). The van der Waals surface area contributed by atoms with Crippen LogP contribution in [0.15, 0.2) is 170 Å². The lowest BCUT2D eigenvalue weighted by atomic mass is 9.96. The second kappa shape index (κ2) is 15.6. The van der Waals surface area contributed by atoms with Gasteiger partial charge in [-0.25, -0.2) is 19.8 Å². The number of aromatic nitrogens is 5. The minimum Gasteiger partial charge on any atom is -0.309 e. The Morgan fingerprint density at radius 3 is 1.42 bits per heavy atom. The standard InChI is InChI=1S/C56H28N10/c1-61-41-19-24-49-46(29-41)45-27-34(30-57)15-20-48(45)65(49)52-23-18-39(28-47(52)56-63-54(37-9-4-2-5-10-37)62-55(64-56)38-11-6-3-7-12-38)42-14-8-13-40(33-60)53(42)66-50-21-16-35(31-58)25-43(50)44-26-36(32-59)17-22-51(44)66/h2-29H. The molecule has 8 aromatic carbocycles. The van der Waals surface area contributed by atoms with Crippen molar-refractivity contribution in [2.24, 2.45) is 0 Å². The quantitative estimate of drug-likeness (QED) is 0.151. The number of benzene rings is 8. The van der Waals surface area contributed by atoms with Crippen molar-refractivity contribution < 1.29 is 0 Å². The second-order valence-electron chi connectivity index (χ2n) is 15.6. The third-order valence-corrected chi connectivity index (χ3v) is 11.9. The molecule has 0 aliphatic heterocycles. The summed E-state index contributed by atoms with van der Waals surface area (Å²) in [5, 5.41) is 43.8. The lowest BCUT2D eigenvalue weighted by Crippen LogP contribution is -2.05. The first-order valence-corrected chi connectivity index (χ1v) is 20.8. The summed E-state index contributed by atoms with van der Waals surface area (Å²) in [5.74, 6) is 1.34. The van der Waals surface area contributed by atoms with Crippen molar-refractivity contribution in [2.45, 2.75) is 0 Å². The third-order valence-electron chi connectivity index (χ3n) is 11.9. The first kappa shape index (κ1) is 38.7. The fourth-order valence-electron chi connectivity index (χ4n) is 8.93. The van der Waals surface area contributed by atoms with E-state index in [4.69, 9.17) is 21.5 Å². The van der Waals surface area contributed by atoms with Gasteiger partial charge in [0, 0.05) is 38.4 Å². The topological polar surface area (TPSA) is 148 Å². The molecule has 0 N–H and O–H groups in total. The van der Waals surface area contributed by atoms with Gasteiger partial charge in [0.1, 0.15) is 6.07 Å². The van der Waals surface area contributed by atoms with E-state index in [0.717, 1.165) is 71.6 Å². The predicted molar refractivity (Wildman–Crippen MR) is 255 cm³/mol. The molecule has 0 atom stereocenters. The number of hydrogen-bond donors (Lipinski definition) is 0. The number of rotatable bonds is 6. The Hall–Kier alpha value is -10.2. The smallest absolute Gasteiger partial charge is 0.188 e. The molecule has 0 spiro atoms. The summed E-state index contributed by atoms with van der Waals surface area (Å²) in [6.45, 7) is 7.83. The van der Waals surface area contributed by atoms with E-state index in [-0.39, 0.29) is 0 Å². The van der Waals surface area contributed by atoms with Gasteiger partial charge in [-0.2, -0.15) is 21.0 Å². The molecule has 3 aromatic heterocycles. The number of nitrogens with zero attached hydrogens (tertiary/aromatic N) is 10. The highest BCUT2D eigenvalue weighted by Crippen LogP contribution is 2.43. The molecule has 0 aliphatic carbocycles. The van der Waals surface area contributed by atoms with Gasteiger partial charge >= 0.3 is 0 Å². The largest absolute Gasteiger partial charge is 0.309 e. The van der Waals surface area contributed by atoms with Crippen LogP contribution in [-0.2, 0) is 0 Å². The summed E-state index contributed by atoms with van der Waals surface area (Å²) >= 11 is 0. The van der Waals surface area contributed by atoms with Crippen molar-refractivity contribution in [3.8, 4) is 80.9 Å². The summed E-state index contributed by atoms with van der Waals surface area (Å²) in [4.78, 5) is 19.2. The van der Waals surface area contributed by atoms with Crippen LogP contribution in [0.5, 0.6) is 0 Å². The fourth-order valence-corrected chi connectivity index (χ4v) is 8.93. The van der Waals surface area contributed by atoms with Crippen molar-refractivity contribution in [1.29, 1.82) is 21.0 Å². The lowest BCUT2D eigenvalue weighted by molar-refractivity contribution is 1.06. The van der Waals surface area contributed by atoms with Gasteiger partial charge in [0.05, 0.1) is 80.5 Å². The van der Waals surface area contributed by atoms with Crippen molar-refractivity contribution in [3.63, 3.8) is 0 Å². The molecule has 0 amide bonds. The molecule has 0 radical (unpaired) electrons. The average Bonchev–Trinajstić information content (AvgIpc) is 3.89. The van der Waals surface area contributed by atoms with E-state index in [1.807, 2.05) is 144 Å². The van der Waals surface area contributed by atoms with Crippen molar-refractivity contribution in [3.05, 3.63) is 204 Å². The molecule has 10 nitrogen and oxygen atoms in total. The Morgan fingerprint density at radius 2 is 0.909 bits per heavy atom. The molecule has 10 heteroatoms. The molecule has 0 fully saturated rings. The van der Waals surface area contributed by atoms with Crippen LogP contribution in [0.2, 0.25) is 0 Å². The van der Waals surface area contributed by atoms with E-state index in [0.29, 0.717) is 56.7 Å². The van der Waals surface area contributed by atoms with E-state index in [9.17, 15) is 21.0 Å². The Balaban J connectivity index is 1.25. The van der Waals surface area contributed by atoms with E-state index in [1.54, 1.807) is 30.3 Å². The molecule has 0 bridgehead atoms. The SMILES string of the molecule is [C-]#[N+]c1ccc2c(c1)c1cc(C#N)ccc1n2-c1ccc(-c2cccc(C#N)c2-n2c3ccc(C#N)cc3c3cc(C#N)ccc32)cc1-c1nc(-c2ccccc2)nc(-c2ccccc2)n1. The van der Waals surface area contributed by atoms with Crippen LogP contribution in [0, 0.1) is 51.9 Å². The summed E-state index contributed by atoms with van der Waals surface area (Å²) < 4.78 is 4.15. The number of hydrogen-bond acceptors (Lipinski definition) is 7. The van der Waals surface area contributed by atoms with Gasteiger partial charge in [0.2, 0.25) is 0 Å². The van der Waals surface area contributed by atoms with E-state index >= 15 is 0 Å². The van der Waals surface area contributed by atoms with Gasteiger partial charge in [-0.3, -0.25) is 0 Å². The van der Waals surface area contributed by atoms with Crippen LogP contribution < -0.4 is 0 Å². The predicted octanol–water partition coefficient (Wildman–Crippen LogP) is 12.8. The highest BCUT2D eigenvalue weighted by molar-refractivity contribution is 6.12. The molecule has 11 aromatic rings. The Morgan fingerprint density at radius 1 is 0.409 bits per heavy atom. The van der Waals surface area contributed by atoms with Gasteiger partial charge in [0.15, 0.2) is 23.2 Å². The minimum atomic E-state index is 0.392. The lowest BCUT2D eigenvalue weighted by Gasteiger charge is -2.19. The summed E-state index contributed by atoms with van der Waals surface area (Å²) in [6, 6.07) is 62.5. The van der Waals surface area contributed by atoms with Gasteiger partial charge in [0.25, 0.3) is 0 Å². The molecular formula is C56H28N10. The van der Waals surface area contributed by atoms with Crippen LogP contribution in [-0.4, -0.2) is 24.1 Å². The Bertz CT molecular complexity index is 3850. The van der Waals surface area contributed by atoms with Gasteiger partial charge in [-0.05, 0) is 95.9 Å². The highest BCUT2D eigenvalue weighted by atomic mass is 15.1. The van der Waals surface area contributed by atoms with Crippen molar-refractivity contribution >= 4 is 49.3 Å². The maximum absolute atomic E-state index is 10.8. The maximum atomic E-state index is 10.8. The number of fused-ring (bicyclic) bond motifs is 6. The first-order chi connectivity index (χ1) is 32.5. The van der Waals surface area contributed by atoms with Gasteiger partial charge < -0.3 is 9.13 Å². The Kier molecular flexibility index (Phi) is 9.17. The summed E-state index contributed by atoms with van der Waals surface area (Å²) in [7, 11) is 0. The van der Waals surface area contributed by atoms with Crippen molar-refractivity contribution in [2.75, 3.05) is 0 Å². The van der Waals surface area contributed by atoms with Gasteiger partial charge in [-0.1, -0.05) is 84.9 Å². The van der Waals surface area contributed by atoms with Gasteiger partial charge in [-0.15, -0.1) is 0 Å². The van der Waals surface area contributed by atoms with E-state index < -0.39 is 0 Å². The van der Waals surface area contributed by atoms with Crippen LogP contribution in [0.4, 0.5) is 5.69 Å². The van der Waals surface area contributed by atoms with Crippen molar-refractivity contribution in [1.82, 2.24) is 24.1 Å². The monoisotopic (exact) mass is 840 g/mol. The summed E-state index contributed by atoms with van der Waals surface area (Å²) in [5.41, 5.74) is 10.6. The average molecular weight is 841 g/mol. The highest BCUT2D eigenvalue weighted by Gasteiger charge is 2.24. The van der Waals surface area contributed by atoms with Crippen LogP contribution in [0.25, 0.3) is 105 Å². The molecule has 0 aliphatic rings. The van der Waals surface area contributed by atoms with E-state index in [2.05, 4.69) is 33.7 Å². The molecule has 66 heavy (non-hydrogen) atoms. The first-order valence-electron chi connectivity index (χ1n) is 20.8. The number of para-hydroxylation sites is 1. The van der Waals surface area contributed by atoms with Crippen LogP contribution in [0.3, 0.4) is 0 Å².